The van der Waals surface area contributed by atoms with E-state index in [2.05, 4.69) is 15.6 Å². The lowest BCUT2D eigenvalue weighted by Gasteiger charge is -2.20. The number of carbonyl (C=O) groups excluding carboxylic acids is 1. The van der Waals surface area contributed by atoms with E-state index in [1.807, 2.05) is 6.20 Å². The molecular weight excluding hydrogens is 344 g/mol. The Morgan fingerprint density at radius 1 is 1.28 bits per heavy atom. The Labute approximate surface area is 148 Å². The van der Waals surface area contributed by atoms with E-state index in [0.29, 0.717) is 17.5 Å². The third-order valence-electron chi connectivity index (χ3n) is 4.98. The van der Waals surface area contributed by atoms with Crippen LogP contribution in [0.3, 0.4) is 0 Å². The van der Waals surface area contributed by atoms with Crippen LogP contribution in [0.25, 0.3) is 0 Å². The first-order valence-electron chi connectivity index (χ1n) is 8.54. The highest BCUT2D eigenvalue weighted by atomic mass is 32.1. The Hall–Kier alpha value is -1.86. The third kappa shape index (κ3) is 3.57. The van der Waals surface area contributed by atoms with E-state index in [9.17, 15) is 13.6 Å². The number of thiazole rings is 1. The molecule has 25 heavy (non-hydrogen) atoms. The number of anilines is 1. The second-order valence-corrected chi connectivity index (χ2v) is 7.76. The van der Waals surface area contributed by atoms with Crippen LogP contribution in [-0.4, -0.2) is 24.0 Å². The fraction of sp³-hybridized carbons (Fsp3) is 0.444. The zero-order chi connectivity index (χ0) is 17.4. The van der Waals surface area contributed by atoms with Crippen molar-refractivity contribution in [1.82, 2.24) is 10.3 Å². The number of rotatable bonds is 4. The van der Waals surface area contributed by atoms with Crippen LogP contribution in [-0.2, 0) is 4.79 Å². The summed E-state index contributed by atoms with van der Waals surface area (Å²) in [5.41, 5.74) is 0.287. The van der Waals surface area contributed by atoms with Crippen LogP contribution in [0.5, 0.6) is 0 Å². The third-order valence-corrected chi connectivity index (χ3v) is 6.06. The average Bonchev–Trinajstić information content (AvgIpc) is 3.29. The van der Waals surface area contributed by atoms with Gasteiger partial charge in [0.05, 0.1) is 0 Å². The Morgan fingerprint density at radius 2 is 2.08 bits per heavy atom. The topological polar surface area (TPSA) is 54.0 Å². The van der Waals surface area contributed by atoms with Crippen LogP contribution >= 0.6 is 11.3 Å². The Morgan fingerprint density at radius 3 is 2.88 bits per heavy atom. The number of hydrogen-bond acceptors (Lipinski definition) is 4. The highest BCUT2D eigenvalue weighted by Crippen LogP contribution is 2.49. The molecule has 0 bridgehead atoms. The minimum absolute atomic E-state index is 0.167. The molecule has 4 nitrogen and oxygen atoms in total. The average molecular weight is 363 g/mol. The number of hydrogen-bond donors (Lipinski definition) is 2. The normalized spacial score (nSPS) is 23.4. The van der Waals surface area contributed by atoms with Gasteiger partial charge in [-0.15, -0.1) is 11.3 Å². The summed E-state index contributed by atoms with van der Waals surface area (Å²) < 4.78 is 27.1. The van der Waals surface area contributed by atoms with Crippen molar-refractivity contribution in [2.45, 2.75) is 31.1 Å². The predicted octanol–water partition coefficient (Wildman–Crippen LogP) is 3.63. The van der Waals surface area contributed by atoms with Crippen molar-refractivity contribution in [2.24, 2.45) is 5.92 Å². The molecule has 2 aromatic rings. The molecule has 1 aliphatic carbocycles. The standard InChI is InChI=1S/C18H19F2N3OS/c19-11-1-2-15(20)13(7-11)12-8-14(12)17(24)23-18-22-9-16(25-18)10-3-5-21-6-4-10/h1-2,7,9-10,12,14,21H,3-6,8H2,(H,22,23,24). The molecule has 1 amide bonds. The minimum Gasteiger partial charge on any atom is -0.317 e. The van der Waals surface area contributed by atoms with Crippen molar-refractivity contribution in [2.75, 3.05) is 18.4 Å². The molecule has 1 saturated heterocycles. The molecule has 4 rings (SSSR count). The van der Waals surface area contributed by atoms with Crippen LogP contribution < -0.4 is 10.6 Å². The number of nitrogens with zero attached hydrogens (tertiary/aromatic N) is 1. The van der Waals surface area contributed by atoms with Crippen molar-refractivity contribution in [3.8, 4) is 0 Å². The van der Waals surface area contributed by atoms with E-state index < -0.39 is 11.6 Å². The summed E-state index contributed by atoms with van der Waals surface area (Å²) in [6.07, 6.45) is 4.55. The molecule has 2 N–H and O–H groups in total. The van der Waals surface area contributed by atoms with Crippen LogP contribution in [0, 0.1) is 17.6 Å². The molecule has 1 aliphatic heterocycles. The smallest absolute Gasteiger partial charge is 0.229 e. The van der Waals surface area contributed by atoms with Gasteiger partial charge >= 0.3 is 0 Å². The van der Waals surface area contributed by atoms with Crippen LogP contribution in [0.2, 0.25) is 0 Å². The van der Waals surface area contributed by atoms with Crippen molar-refractivity contribution >= 4 is 22.4 Å². The van der Waals surface area contributed by atoms with E-state index >= 15 is 0 Å². The Bertz CT molecular complexity index is 788. The van der Waals surface area contributed by atoms with E-state index in [1.165, 1.54) is 22.3 Å². The molecule has 0 spiro atoms. The molecule has 2 fully saturated rings. The van der Waals surface area contributed by atoms with Crippen molar-refractivity contribution in [3.05, 3.63) is 46.5 Å². The molecule has 2 heterocycles. The number of amides is 1. The quantitative estimate of drug-likeness (QED) is 0.872. The van der Waals surface area contributed by atoms with Gasteiger partial charge < -0.3 is 10.6 Å². The van der Waals surface area contributed by atoms with E-state index in [4.69, 9.17) is 0 Å². The predicted molar refractivity (Wildman–Crippen MR) is 92.8 cm³/mol. The van der Waals surface area contributed by atoms with Crippen molar-refractivity contribution < 1.29 is 13.6 Å². The van der Waals surface area contributed by atoms with Gasteiger partial charge in [0, 0.05) is 17.0 Å². The first kappa shape index (κ1) is 16.6. The molecule has 7 heteroatoms. The number of carbonyl (C=O) groups is 1. The van der Waals surface area contributed by atoms with E-state index in [1.54, 1.807) is 0 Å². The molecule has 2 aliphatic rings. The lowest BCUT2D eigenvalue weighted by atomic mass is 9.97. The molecule has 2 unspecified atom stereocenters. The molecular formula is C18H19F2N3OS. The Balaban J connectivity index is 1.38. The highest BCUT2D eigenvalue weighted by Gasteiger charge is 2.45. The summed E-state index contributed by atoms with van der Waals surface area (Å²) in [6, 6.07) is 3.39. The van der Waals surface area contributed by atoms with Gasteiger partial charge in [0.25, 0.3) is 0 Å². The summed E-state index contributed by atoms with van der Waals surface area (Å²) in [5, 5.41) is 6.75. The van der Waals surface area contributed by atoms with Gasteiger partial charge in [-0.25, -0.2) is 13.8 Å². The van der Waals surface area contributed by atoms with E-state index in [-0.39, 0.29) is 23.3 Å². The lowest BCUT2D eigenvalue weighted by Crippen LogP contribution is -2.26. The number of halogens is 2. The van der Waals surface area contributed by atoms with E-state index in [0.717, 1.165) is 38.1 Å². The van der Waals surface area contributed by atoms with Crippen LogP contribution in [0.15, 0.2) is 24.4 Å². The second kappa shape index (κ2) is 6.80. The summed E-state index contributed by atoms with van der Waals surface area (Å²) in [7, 11) is 0. The van der Waals surface area contributed by atoms with Crippen molar-refractivity contribution in [1.29, 1.82) is 0 Å². The summed E-state index contributed by atoms with van der Waals surface area (Å²) in [4.78, 5) is 17.9. The van der Waals surface area contributed by atoms with Crippen LogP contribution in [0.4, 0.5) is 13.9 Å². The summed E-state index contributed by atoms with van der Waals surface area (Å²) in [5.74, 6) is -1.17. The van der Waals surface area contributed by atoms with Gasteiger partial charge in [-0.05, 0) is 68.0 Å². The second-order valence-electron chi connectivity index (χ2n) is 6.70. The molecule has 2 atom stereocenters. The van der Waals surface area contributed by atoms with Gasteiger partial charge in [-0.1, -0.05) is 0 Å². The monoisotopic (exact) mass is 363 g/mol. The number of nitrogens with one attached hydrogen (secondary N) is 2. The van der Waals surface area contributed by atoms with Gasteiger partial charge in [-0.2, -0.15) is 0 Å². The molecule has 132 valence electrons. The van der Waals surface area contributed by atoms with Gasteiger partial charge in [0.2, 0.25) is 5.91 Å². The van der Waals surface area contributed by atoms with Gasteiger partial charge in [0.1, 0.15) is 11.6 Å². The highest BCUT2D eigenvalue weighted by molar-refractivity contribution is 7.15. The SMILES string of the molecule is O=C(Nc1ncc(C2CCNCC2)s1)C1CC1c1cc(F)ccc1F. The van der Waals surface area contributed by atoms with Gasteiger partial charge in [-0.3, -0.25) is 4.79 Å². The minimum atomic E-state index is -0.478. The largest absolute Gasteiger partial charge is 0.317 e. The Kier molecular flexibility index (Phi) is 4.52. The maximum absolute atomic E-state index is 13.8. The molecule has 1 aromatic carbocycles. The first-order valence-corrected chi connectivity index (χ1v) is 9.35. The van der Waals surface area contributed by atoms with Crippen molar-refractivity contribution in [3.63, 3.8) is 0 Å². The maximum atomic E-state index is 13.8. The summed E-state index contributed by atoms with van der Waals surface area (Å²) >= 11 is 1.51. The zero-order valence-electron chi connectivity index (χ0n) is 13.6. The molecule has 1 aromatic heterocycles. The first-order chi connectivity index (χ1) is 12.1. The van der Waals surface area contributed by atoms with Gasteiger partial charge in [0.15, 0.2) is 5.13 Å². The molecule has 0 radical (unpaired) electrons. The fourth-order valence-corrected chi connectivity index (χ4v) is 4.45. The summed E-state index contributed by atoms with van der Waals surface area (Å²) in [6.45, 7) is 2.01. The van der Waals surface area contributed by atoms with Crippen LogP contribution in [0.1, 0.15) is 41.5 Å². The number of piperidine rings is 1. The zero-order valence-corrected chi connectivity index (χ0v) is 14.4. The fourth-order valence-electron chi connectivity index (χ4n) is 3.46. The maximum Gasteiger partial charge on any atom is 0.229 e. The lowest BCUT2D eigenvalue weighted by molar-refractivity contribution is -0.117. The number of aromatic nitrogens is 1. The molecule has 1 saturated carbocycles. The number of benzene rings is 1.